The van der Waals surface area contributed by atoms with Crippen LogP contribution in [-0.2, 0) is 28.6 Å². The molecule has 1 atom stereocenters. The van der Waals surface area contributed by atoms with Crippen LogP contribution in [0.5, 0.6) is 0 Å². The Morgan fingerprint density at radius 2 is 0.755 bits per heavy atom. The molecule has 6 heteroatoms. The van der Waals surface area contributed by atoms with Gasteiger partial charge in [-0.2, -0.15) is 0 Å². The fourth-order valence-electron chi connectivity index (χ4n) is 5.47. The summed E-state index contributed by atoms with van der Waals surface area (Å²) in [7, 11) is 0. The third kappa shape index (κ3) is 39.9. The van der Waals surface area contributed by atoms with Crippen LogP contribution in [0.15, 0.2) is 72.9 Å². The highest BCUT2D eigenvalue weighted by Gasteiger charge is 2.19. The minimum absolute atomic E-state index is 0.106. The molecule has 1 unspecified atom stereocenters. The molecular weight excluding hydrogens is 661 g/mol. The van der Waals surface area contributed by atoms with Crippen LogP contribution < -0.4 is 0 Å². The number of allylic oxidation sites excluding steroid dienone is 12. The molecule has 0 amide bonds. The summed E-state index contributed by atoms with van der Waals surface area (Å²) >= 11 is 0. The first-order valence-corrected chi connectivity index (χ1v) is 21.4. The number of unbranched alkanes of at least 4 members (excludes halogenated alkanes) is 14. The van der Waals surface area contributed by atoms with E-state index in [-0.39, 0.29) is 44.0 Å². The highest BCUT2D eigenvalue weighted by Crippen LogP contribution is 2.12. The Labute approximate surface area is 325 Å². The van der Waals surface area contributed by atoms with Crippen molar-refractivity contribution in [1.29, 1.82) is 0 Å². The number of esters is 3. The molecule has 0 fully saturated rings. The van der Waals surface area contributed by atoms with E-state index in [2.05, 4.69) is 93.7 Å². The zero-order chi connectivity index (χ0) is 38.7. The normalized spacial score (nSPS) is 12.7. The average Bonchev–Trinajstić information content (AvgIpc) is 3.15. The van der Waals surface area contributed by atoms with Crippen molar-refractivity contribution in [2.75, 3.05) is 13.2 Å². The largest absolute Gasteiger partial charge is 0.462 e. The van der Waals surface area contributed by atoms with E-state index in [1.807, 2.05) is 0 Å². The SMILES string of the molecule is CC/C=C\C/C=C\CCCCC(=O)OC(COC(=O)CCC/C=C\C/C=C\C/C=C\C/C=C\CCCCC)COC(=O)CCCCCCCCCCC. The van der Waals surface area contributed by atoms with Gasteiger partial charge in [-0.25, -0.2) is 0 Å². The van der Waals surface area contributed by atoms with Crippen molar-refractivity contribution in [3.63, 3.8) is 0 Å². The average molecular weight is 739 g/mol. The Kier molecular flexibility index (Phi) is 39.1. The third-order valence-electron chi connectivity index (χ3n) is 8.70. The first-order valence-electron chi connectivity index (χ1n) is 21.4. The zero-order valence-electron chi connectivity index (χ0n) is 34.3. The Balaban J connectivity index is 4.45. The van der Waals surface area contributed by atoms with Crippen molar-refractivity contribution in [2.45, 2.75) is 194 Å². The van der Waals surface area contributed by atoms with Gasteiger partial charge in [-0.1, -0.05) is 158 Å². The molecule has 0 aliphatic rings. The van der Waals surface area contributed by atoms with Crippen LogP contribution >= 0.6 is 0 Å². The molecule has 0 rings (SSSR count). The van der Waals surface area contributed by atoms with Crippen molar-refractivity contribution in [3.8, 4) is 0 Å². The molecule has 0 heterocycles. The lowest BCUT2D eigenvalue weighted by Gasteiger charge is -2.18. The number of hydrogen-bond acceptors (Lipinski definition) is 6. The highest BCUT2D eigenvalue weighted by molar-refractivity contribution is 5.71. The quantitative estimate of drug-likeness (QED) is 0.0273. The number of ether oxygens (including phenoxy) is 3. The van der Waals surface area contributed by atoms with E-state index in [0.29, 0.717) is 19.3 Å². The zero-order valence-corrected chi connectivity index (χ0v) is 34.3. The van der Waals surface area contributed by atoms with E-state index in [4.69, 9.17) is 14.2 Å². The van der Waals surface area contributed by atoms with Crippen LogP contribution in [0.25, 0.3) is 0 Å². The molecule has 0 aromatic heterocycles. The molecule has 0 saturated carbocycles. The number of carbonyl (C=O) groups excluding carboxylic acids is 3. The molecule has 0 saturated heterocycles. The summed E-state index contributed by atoms with van der Waals surface area (Å²) in [4.78, 5) is 37.5. The second-order valence-electron chi connectivity index (χ2n) is 13.9. The first kappa shape index (κ1) is 49.9. The first-order chi connectivity index (χ1) is 26.0. The van der Waals surface area contributed by atoms with Gasteiger partial charge >= 0.3 is 17.9 Å². The number of carbonyl (C=O) groups is 3. The fourth-order valence-corrected chi connectivity index (χ4v) is 5.47. The van der Waals surface area contributed by atoms with Gasteiger partial charge in [-0.15, -0.1) is 0 Å². The molecule has 0 aromatic rings. The molecule has 0 spiro atoms. The molecular formula is C47H78O6. The lowest BCUT2D eigenvalue weighted by atomic mass is 10.1. The summed E-state index contributed by atoms with van der Waals surface area (Å²) in [6, 6.07) is 0. The molecule has 6 nitrogen and oxygen atoms in total. The smallest absolute Gasteiger partial charge is 0.306 e. The van der Waals surface area contributed by atoms with Gasteiger partial charge in [-0.05, 0) is 83.5 Å². The third-order valence-corrected chi connectivity index (χ3v) is 8.70. The Hall–Kier alpha value is -3.15. The van der Waals surface area contributed by atoms with Crippen LogP contribution in [0, 0.1) is 0 Å². The van der Waals surface area contributed by atoms with Crippen molar-refractivity contribution < 1.29 is 28.6 Å². The summed E-state index contributed by atoms with van der Waals surface area (Å²) in [5.41, 5.74) is 0. The van der Waals surface area contributed by atoms with Gasteiger partial charge in [0.05, 0.1) is 0 Å². The summed E-state index contributed by atoms with van der Waals surface area (Å²) < 4.78 is 16.5. The maximum absolute atomic E-state index is 12.6. The molecule has 53 heavy (non-hydrogen) atoms. The van der Waals surface area contributed by atoms with Crippen LogP contribution in [0.4, 0.5) is 0 Å². The highest BCUT2D eigenvalue weighted by atomic mass is 16.6. The van der Waals surface area contributed by atoms with Crippen molar-refractivity contribution in [2.24, 2.45) is 0 Å². The molecule has 0 radical (unpaired) electrons. The van der Waals surface area contributed by atoms with Crippen molar-refractivity contribution in [1.82, 2.24) is 0 Å². The van der Waals surface area contributed by atoms with Gasteiger partial charge in [0.2, 0.25) is 0 Å². The second kappa shape index (κ2) is 41.6. The fraction of sp³-hybridized carbons (Fsp3) is 0.681. The molecule has 0 aromatic carbocycles. The van der Waals surface area contributed by atoms with Gasteiger partial charge in [0.25, 0.3) is 0 Å². The molecule has 0 aliphatic heterocycles. The summed E-state index contributed by atoms with van der Waals surface area (Å²) in [6.07, 6.45) is 50.5. The van der Waals surface area contributed by atoms with Crippen LogP contribution in [0.3, 0.4) is 0 Å². The Morgan fingerprint density at radius 1 is 0.396 bits per heavy atom. The van der Waals surface area contributed by atoms with Gasteiger partial charge in [0.15, 0.2) is 6.10 Å². The topological polar surface area (TPSA) is 78.9 Å². The van der Waals surface area contributed by atoms with E-state index in [1.54, 1.807) is 0 Å². The monoisotopic (exact) mass is 739 g/mol. The minimum atomic E-state index is -0.808. The number of rotatable bonds is 37. The van der Waals surface area contributed by atoms with Crippen LogP contribution in [-0.4, -0.2) is 37.2 Å². The lowest BCUT2D eigenvalue weighted by molar-refractivity contribution is -0.167. The van der Waals surface area contributed by atoms with E-state index in [1.165, 1.54) is 64.2 Å². The van der Waals surface area contributed by atoms with Crippen molar-refractivity contribution in [3.05, 3.63) is 72.9 Å². The van der Waals surface area contributed by atoms with Crippen LogP contribution in [0.1, 0.15) is 188 Å². The van der Waals surface area contributed by atoms with E-state index in [9.17, 15) is 14.4 Å². The maximum Gasteiger partial charge on any atom is 0.306 e. The van der Waals surface area contributed by atoms with Crippen LogP contribution in [0.2, 0.25) is 0 Å². The predicted molar refractivity (Wildman–Crippen MR) is 224 cm³/mol. The standard InChI is InChI=1S/C47H78O6/c1-4-7-10-13-16-19-20-21-22-23-24-25-26-29-31-34-37-40-46(49)52-43-44(53-47(50)41-38-35-32-28-18-15-12-9-6-3)42-51-45(48)39-36-33-30-27-17-14-11-8-5-2/h9,12,16,18-19,21-22,24-25,28-29,31,44H,4-8,10-11,13-15,17,20,23,26-27,30,32-43H2,1-3H3/b12-9-,19-16-,22-21-,25-24-,28-18-,31-29-. The van der Waals surface area contributed by atoms with Gasteiger partial charge in [0.1, 0.15) is 13.2 Å². The molecule has 302 valence electrons. The van der Waals surface area contributed by atoms with Gasteiger partial charge < -0.3 is 14.2 Å². The van der Waals surface area contributed by atoms with Crippen molar-refractivity contribution >= 4 is 17.9 Å². The number of hydrogen-bond donors (Lipinski definition) is 0. The molecule has 0 N–H and O–H groups in total. The molecule has 0 bridgehead atoms. The maximum atomic E-state index is 12.6. The van der Waals surface area contributed by atoms with Gasteiger partial charge in [0, 0.05) is 19.3 Å². The summed E-state index contributed by atoms with van der Waals surface area (Å²) in [6.45, 7) is 6.35. The summed E-state index contributed by atoms with van der Waals surface area (Å²) in [5, 5.41) is 0. The van der Waals surface area contributed by atoms with E-state index in [0.717, 1.165) is 70.6 Å². The molecule has 0 aliphatic carbocycles. The Morgan fingerprint density at radius 3 is 1.26 bits per heavy atom. The minimum Gasteiger partial charge on any atom is -0.462 e. The van der Waals surface area contributed by atoms with E-state index >= 15 is 0 Å². The van der Waals surface area contributed by atoms with E-state index < -0.39 is 6.10 Å². The lowest BCUT2D eigenvalue weighted by Crippen LogP contribution is -2.30. The second-order valence-corrected chi connectivity index (χ2v) is 13.9. The summed E-state index contributed by atoms with van der Waals surface area (Å²) in [5.74, 6) is -1.01. The van der Waals surface area contributed by atoms with Gasteiger partial charge in [-0.3, -0.25) is 14.4 Å². The predicted octanol–water partition coefficient (Wildman–Crippen LogP) is 13.5. The Bertz CT molecular complexity index is 1030.